The van der Waals surface area contributed by atoms with Crippen molar-refractivity contribution in [1.29, 1.82) is 0 Å². The van der Waals surface area contributed by atoms with Crippen LogP contribution in [0.4, 0.5) is 0 Å². The molecule has 21 heavy (non-hydrogen) atoms. The summed E-state index contributed by atoms with van der Waals surface area (Å²) < 4.78 is 27.1. The van der Waals surface area contributed by atoms with Crippen LogP contribution in [0.15, 0.2) is 29.2 Å². The van der Waals surface area contributed by atoms with Gasteiger partial charge in [0.1, 0.15) is 6.61 Å². The Morgan fingerprint density at radius 1 is 1.14 bits per heavy atom. The second-order valence-electron chi connectivity index (χ2n) is 5.48. The summed E-state index contributed by atoms with van der Waals surface area (Å²) in [5, 5.41) is 8.62. The van der Waals surface area contributed by atoms with E-state index < -0.39 is 10.0 Å². The van der Waals surface area contributed by atoms with Crippen molar-refractivity contribution in [3.63, 3.8) is 0 Å². The quantitative estimate of drug-likeness (QED) is 0.791. The predicted molar refractivity (Wildman–Crippen MR) is 84.3 cm³/mol. The van der Waals surface area contributed by atoms with E-state index in [1.807, 2.05) is 6.92 Å². The molecule has 0 heterocycles. The molecule has 2 N–H and O–H groups in total. The summed E-state index contributed by atoms with van der Waals surface area (Å²) in [4.78, 5) is 0.230. The number of hydrogen-bond acceptors (Lipinski definition) is 3. The van der Waals surface area contributed by atoms with Crippen molar-refractivity contribution < 1.29 is 13.5 Å². The van der Waals surface area contributed by atoms with Gasteiger partial charge in [0, 0.05) is 11.6 Å². The van der Waals surface area contributed by atoms with E-state index in [4.69, 9.17) is 5.11 Å². The van der Waals surface area contributed by atoms with Crippen LogP contribution in [0.2, 0.25) is 0 Å². The molecule has 4 nitrogen and oxygen atoms in total. The van der Waals surface area contributed by atoms with Gasteiger partial charge in [0.05, 0.1) is 4.90 Å². The first-order valence-electron chi connectivity index (χ1n) is 7.07. The zero-order valence-corrected chi connectivity index (χ0v) is 13.6. The maximum absolute atomic E-state index is 12.2. The standard InChI is InChI=1S/C16H23NO3S/c1-13(2)6-7-14(3)17-21(19,20)16-10-8-15(9-11-16)5-4-12-18/h8-11,13-14,17-18H,6-7,12H2,1-3H3. The van der Waals surface area contributed by atoms with Crippen molar-refractivity contribution in [3.05, 3.63) is 29.8 Å². The summed E-state index contributed by atoms with van der Waals surface area (Å²) in [6, 6.07) is 6.23. The molecule has 1 unspecified atom stereocenters. The molecule has 0 aliphatic rings. The van der Waals surface area contributed by atoms with Crippen molar-refractivity contribution in [3.8, 4) is 11.8 Å². The minimum Gasteiger partial charge on any atom is -0.384 e. The summed E-state index contributed by atoms with van der Waals surface area (Å²) in [7, 11) is -3.49. The van der Waals surface area contributed by atoms with Crippen molar-refractivity contribution >= 4 is 10.0 Å². The number of aliphatic hydroxyl groups excluding tert-OH is 1. The van der Waals surface area contributed by atoms with E-state index in [2.05, 4.69) is 30.4 Å². The summed E-state index contributed by atoms with van der Waals surface area (Å²) in [6.45, 7) is 5.90. The van der Waals surface area contributed by atoms with E-state index in [-0.39, 0.29) is 17.5 Å². The average Bonchev–Trinajstić information content (AvgIpc) is 2.43. The molecule has 0 bridgehead atoms. The minimum absolute atomic E-state index is 0.0914. The molecule has 5 heteroatoms. The van der Waals surface area contributed by atoms with Crippen LogP contribution >= 0.6 is 0 Å². The van der Waals surface area contributed by atoms with E-state index in [1.165, 1.54) is 12.1 Å². The molecule has 1 aromatic carbocycles. The smallest absolute Gasteiger partial charge is 0.240 e. The van der Waals surface area contributed by atoms with Gasteiger partial charge in [-0.2, -0.15) is 0 Å². The summed E-state index contributed by atoms with van der Waals surface area (Å²) in [5.41, 5.74) is 0.677. The summed E-state index contributed by atoms with van der Waals surface area (Å²) in [5.74, 6) is 5.81. The van der Waals surface area contributed by atoms with Crippen molar-refractivity contribution in [2.75, 3.05) is 6.61 Å². The van der Waals surface area contributed by atoms with Crippen LogP contribution in [0.3, 0.4) is 0 Å². The number of benzene rings is 1. The Bertz CT molecular complexity index is 595. The molecule has 0 aliphatic heterocycles. The normalized spacial score (nSPS) is 12.8. The molecule has 0 saturated heterocycles. The Balaban J connectivity index is 2.74. The third-order valence-corrected chi connectivity index (χ3v) is 4.62. The van der Waals surface area contributed by atoms with E-state index in [1.54, 1.807) is 12.1 Å². The molecule has 0 fully saturated rings. The van der Waals surface area contributed by atoms with Crippen LogP contribution < -0.4 is 4.72 Å². The maximum Gasteiger partial charge on any atom is 0.240 e. The van der Waals surface area contributed by atoms with Gasteiger partial charge in [-0.3, -0.25) is 0 Å². The third kappa shape index (κ3) is 6.30. The van der Waals surface area contributed by atoms with Gasteiger partial charge in [-0.1, -0.05) is 25.7 Å². The van der Waals surface area contributed by atoms with Crippen LogP contribution in [0, 0.1) is 17.8 Å². The molecule has 1 rings (SSSR count). The first-order valence-corrected chi connectivity index (χ1v) is 8.55. The van der Waals surface area contributed by atoms with Crippen LogP contribution in [0.5, 0.6) is 0 Å². The number of sulfonamides is 1. The second kappa shape index (κ2) is 8.18. The summed E-state index contributed by atoms with van der Waals surface area (Å²) >= 11 is 0. The molecular weight excluding hydrogens is 286 g/mol. The minimum atomic E-state index is -3.49. The predicted octanol–water partition coefficient (Wildman–Crippen LogP) is 2.13. The zero-order valence-electron chi connectivity index (χ0n) is 12.8. The van der Waals surface area contributed by atoms with Gasteiger partial charge < -0.3 is 5.11 Å². The van der Waals surface area contributed by atoms with Crippen molar-refractivity contribution in [2.45, 2.75) is 44.6 Å². The molecule has 0 aromatic heterocycles. The van der Waals surface area contributed by atoms with Gasteiger partial charge in [0.2, 0.25) is 10.0 Å². The number of rotatable bonds is 6. The SMILES string of the molecule is CC(C)CCC(C)NS(=O)(=O)c1ccc(C#CCO)cc1. The van der Waals surface area contributed by atoms with Gasteiger partial charge in [0.25, 0.3) is 0 Å². The van der Waals surface area contributed by atoms with E-state index in [0.29, 0.717) is 11.5 Å². The van der Waals surface area contributed by atoms with Crippen LogP contribution in [-0.4, -0.2) is 26.2 Å². The molecule has 0 aliphatic carbocycles. The highest BCUT2D eigenvalue weighted by Crippen LogP contribution is 2.13. The Labute approximate surface area is 127 Å². The fourth-order valence-electron chi connectivity index (χ4n) is 1.83. The highest BCUT2D eigenvalue weighted by Gasteiger charge is 2.17. The van der Waals surface area contributed by atoms with Gasteiger partial charge in [-0.05, 0) is 49.9 Å². The topological polar surface area (TPSA) is 66.4 Å². The number of nitrogens with one attached hydrogen (secondary N) is 1. The Morgan fingerprint density at radius 3 is 2.29 bits per heavy atom. The molecule has 1 aromatic rings. The zero-order chi connectivity index (χ0) is 15.9. The molecule has 0 radical (unpaired) electrons. The lowest BCUT2D eigenvalue weighted by atomic mass is 10.1. The van der Waals surface area contributed by atoms with Crippen molar-refractivity contribution in [1.82, 2.24) is 4.72 Å². The Morgan fingerprint density at radius 2 is 1.76 bits per heavy atom. The lowest BCUT2D eigenvalue weighted by molar-refractivity contribution is 0.350. The van der Waals surface area contributed by atoms with Gasteiger partial charge in [0.15, 0.2) is 0 Å². The monoisotopic (exact) mass is 309 g/mol. The fourth-order valence-corrected chi connectivity index (χ4v) is 3.11. The largest absolute Gasteiger partial charge is 0.384 e. The van der Waals surface area contributed by atoms with Crippen molar-refractivity contribution in [2.24, 2.45) is 5.92 Å². The molecule has 0 saturated carbocycles. The maximum atomic E-state index is 12.2. The number of aliphatic hydroxyl groups is 1. The van der Waals surface area contributed by atoms with Gasteiger partial charge in [-0.15, -0.1) is 0 Å². The van der Waals surface area contributed by atoms with E-state index in [9.17, 15) is 8.42 Å². The molecule has 0 spiro atoms. The fraction of sp³-hybridized carbons (Fsp3) is 0.500. The van der Waals surface area contributed by atoms with E-state index in [0.717, 1.165) is 12.8 Å². The van der Waals surface area contributed by atoms with Gasteiger partial charge in [-0.25, -0.2) is 13.1 Å². The molecular formula is C16H23NO3S. The van der Waals surface area contributed by atoms with Gasteiger partial charge >= 0.3 is 0 Å². The van der Waals surface area contributed by atoms with Crippen LogP contribution in [-0.2, 0) is 10.0 Å². The lowest BCUT2D eigenvalue weighted by Crippen LogP contribution is -2.32. The second-order valence-corrected chi connectivity index (χ2v) is 7.19. The van der Waals surface area contributed by atoms with Crippen LogP contribution in [0.25, 0.3) is 0 Å². The average molecular weight is 309 g/mol. The van der Waals surface area contributed by atoms with Crippen LogP contribution in [0.1, 0.15) is 39.2 Å². The molecule has 0 amide bonds. The van der Waals surface area contributed by atoms with E-state index >= 15 is 0 Å². The number of hydrogen-bond donors (Lipinski definition) is 2. The highest BCUT2D eigenvalue weighted by atomic mass is 32.2. The molecule has 1 atom stereocenters. The Kier molecular flexibility index (Phi) is 6.90. The first-order chi connectivity index (χ1) is 9.85. The third-order valence-electron chi connectivity index (χ3n) is 3.01. The first kappa shape index (κ1) is 17.7. The summed E-state index contributed by atoms with van der Waals surface area (Å²) in [6.07, 6.45) is 1.80. The Hall–Kier alpha value is -1.35. The highest BCUT2D eigenvalue weighted by molar-refractivity contribution is 7.89. The molecule has 116 valence electrons. The lowest BCUT2D eigenvalue weighted by Gasteiger charge is -2.15.